The number of anilines is 1. The van der Waals surface area contributed by atoms with Crippen molar-refractivity contribution in [1.29, 1.82) is 0 Å². The normalized spacial score (nSPS) is 14.5. The molecular weight excluding hydrogens is 817 g/mol. The zero-order valence-corrected chi connectivity index (χ0v) is 29.2. The Hall–Kier alpha value is -3.50. The molecule has 0 aliphatic rings. The predicted molar refractivity (Wildman–Crippen MR) is 165 cm³/mol. The van der Waals surface area contributed by atoms with Crippen LogP contribution in [0.1, 0.15) is 49.7 Å². The molecule has 2 aromatic rings. The SMILES string of the molecule is CN(C)c1ccc(/C=C/c2ccc(OCCCCCCCCOS(=O)(=O)C(F)(F)C(F)(F)C(F)(F)C(F)(F)C(F)(F)C(F)(F)C(F)(F)C(F)(F)F)cc2)cc1. The summed E-state index contributed by atoms with van der Waals surface area (Å²) in [5.74, 6) is -51.3. The van der Waals surface area contributed by atoms with Crippen LogP contribution in [0, 0.1) is 0 Å². The highest BCUT2D eigenvalue weighted by Gasteiger charge is 2.96. The van der Waals surface area contributed by atoms with Gasteiger partial charge in [0.1, 0.15) is 5.75 Å². The molecule has 0 saturated heterocycles. The maximum Gasteiger partial charge on any atom is 0.460 e. The van der Waals surface area contributed by atoms with E-state index in [-0.39, 0.29) is 19.4 Å². The maximum absolute atomic E-state index is 14.1. The molecule has 23 heteroatoms. The molecular formula is C32H32F17NO4S. The van der Waals surface area contributed by atoms with E-state index in [1.54, 1.807) is 12.1 Å². The Kier molecular flexibility index (Phi) is 14.7. The van der Waals surface area contributed by atoms with Crippen molar-refractivity contribution in [2.75, 3.05) is 32.2 Å². The molecule has 0 unspecified atom stereocenters. The van der Waals surface area contributed by atoms with Crippen LogP contribution in [0.2, 0.25) is 0 Å². The molecule has 314 valence electrons. The molecule has 0 bridgehead atoms. The molecule has 2 aromatic carbocycles. The Morgan fingerprint density at radius 3 is 1.29 bits per heavy atom. The van der Waals surface area contributed by atoms with Crippen molar-refractivity contribution in [2.45, 2.75) is 85.5 Å². The Labute approximate surface area is 303 Å². The Balaban J connectivity index is 1.86. The first-order valence-corrected chi connectivity index (χ1v) is 17.0. The minimum absolute atomic E-state index is 0.101. The summed E-state index contributed by atoms with van der Waals surface area (Å²) < 4.78 is 260. The summed E-state index contributed by atoms with van der Waals surface area (Å²) >= 11 is 0. The molecule has 5 nitrogen and oxygen atoms in total. The van der Waals surface area contributed by atoms with Crippen molar-refractivity contribution in [3.63, 3.8) is 0 Å². The van der Waals surface area contributed by atoms with E-state index in [1.807, 2.05) is 67.5 Å². The van der Waals surface area contributed by atoms with Crippen LogP contribution in [0.5, 0.6) is 5.75 Å². The molecule has 0 atom stereocenters. The monoisotopic (exact) mass is 849 g/mol. The first-order valence-electron chi connectivity index (χ1n) is 15.6. The second kappa shape index (κ2) is 16.9. The van der Waals surface area contributed by atoms with Crippen LogP contribution < -0.4 is 9.64 Å². The van der Waals surface area contributed by atoms with Crippen LogP contribution in [0.15, 0.2) is 48.5 Å². The van der Waals surface area contributed by atoms with Gasteiger partial charge in [0.25, 0.3) is 0 Å². The Morgan fingerprint density at radius 1 is 0.509 bits per heavy atom. The third-order valence-electron chi connectivity index (χ3n) is 7.81. The van der Waals surface area contributed by atoms with Gasteiger partial charge in [-0.1, -0.05) is 62.1 Å². The Bertz CT molecular complexity index is 1680. The molecule has 0 saturated carbocycles. The van der Waals surface area contributed by atoms with Crippen molar-refractivity contribution in [2.24, 2.45) is 0 Å². The lowest BCUT2D eigenvalue weighted by atomic mass is 9.91. The number of alkyl halides is 17. The standard InChI is InChI=1S/C32H32F17NO4S/c1-50(2)23-15-11-21(12-16-23)9-10-22-13-17-24(18-14-22)53-19-7-5-3-4-6-8-20-54-55(51,52)32(48,49)30(43,44)28(39,40)26(35,36)25(33,34)27(37,38)29(41,42)31(45,46)47/h9-18H,3-8,19-20H2,1-2H3/b10-9+. The predicted octanol–water partition coefficient (Wildman–Crippen LogP) is 11.0. The summed E-state index contributed by atoms with van der Waals surface area (Å²) in [6, 6.07) is 14.9. The van der Waals surface area contributed by atoms with Gasteiger partial charge in [-0.25, -0.2) is 0 Å². The zero-order chi connectivity index (χ0) is 42.5. The van der Waals surface area contributed by atoms with E-state index in [0.29, 0.717) is 25.0 Å². The van der Waals surface area contributed by atoms with Gasteiger partial charge in [0, 0.05) is 19.8 Å². The van der Waals surface area contributed by atoms with Crippen LogP contribution in [-0.2, 0) is 14.3 Å². The van der Waals surface area contributed by atoms with Crippen LogP contribution in [0.3, 0.4) is 0 Å². The van der Waals surface area contributed by atoms with Gasteiger partial charge in [0.2, 0.25) is 0 Å². The summed E-state index contributed by atoms with van der Waals surface area (Å²) in [6.45, 7) is -1.27. The van der Waals surface area contributed by atoms with E-state index in [9.17, 15) is 83.1 Å². The van der Waals surface area contributed by atoms with Gasteiger partial charge in [0.05, 0.1) is 13.2 Å². The molecule has 0 fully saturated rings. The van der Waals surface area contributed by atoms with Crippen molar-refractivity contribution in [1.82, 2.24) is 0 Å². The van der Waals surface area contributed by atoms with Gasteiger partial charge in [-0.05, 0) is 48.2 Å². The molecule has 0 radical (unpaired) electrons. The average molecular weight is 850 g/mol. The summed E-state index contributed by atoms with van der Waals surface area (Å²) in [6.07, 6.45) is -3.22. The van der Waals surface area contributed by atoms with E-state index in [1.165, 1.54) is 0 Å². The minimum atomic E-state index is -8.88. The molecule has 0 aliphatic heterocycles. The fourth-order valence-corrected chi connectivity index (χ4v) is 5.33. The molecule has 0 spiro atoms. The van der Waals surface area contributed by atoms with Gasteiger partial charge in [-0.3, -0.25) is 4.18 Å². The topological polar surface area (TPSA) is 55.8 Å². The van der Waals surface area contributed by atoms with Gasteiger partial charge < -0.3 is 9.64 Å². The third kappa shape index (κ3) is 9.55. The summed E-state index contributed by atoms with van der Waals surface area (Å²) in [5, 5.41) is -7.67. The number of unbranched alkanes of at least 4 members (excludes halogenated alkanes) is 5. The Morgan fingerprint density at radius 2 is 0.873 bits per heavy atom. The number of benzene rings is 2. The fourth-order valence-electron chi connectivity index (χ4n) is 4.40. The van der Waals surface area contributed by atoms with Gasteiger partial charge in [0.15, 0.2) is 0 Å². The summed E-state index contributed by atoms with van der Waals surface area (Å²) in [7, 11) is -3.68. The van der Waals surface area contributed by atoms with E-state index >= 15 is 0 Å². The highest BCUT2D eigenvalue weighted by atomic mass is 32.2. The van der Waals surface area contributed by atoms with Gasteiger partial charge >= 0.3 is 57.1 Å². The fraction of sp³-hybridized carbons (Fsp3) is 0.562. The molecule has 0 aromatic heterocycles. The number of hydrogen-bond acceptors (Lipinski definition) is 5. The van der Waals surface area contributed by atoms with Crippen molar-refractivity contribution >= 4 is 28.0 Å². The largest absolute Gasteiger partial charge is 0.494 e. The number of halogens is 17. The lowest BCUT2D eigenvalue weighted by Gasteiger charge is -2.42. The van der Waals surface area contributed by atoms with E-state index in [0.717, 1.165) is 16.8 Å². The lowest BCUT2D eigenvalue weighted by molar-refractivity contribution is -0.458. The van der Waals surface area contributed by atoms with Crippen LogP contribution in [0.4, 0.5) is 80.3 Å². The van der Waals surface area contributed by atoms with Crippen LogP contribution in [-0.4, -0.2) is 82.7 Å². The number of nitrogens with zero attached hydrogens (tertiary/aromatic N) is 1. The first kappa shape index (κ1) is 47.7. The van der Waals surface area contributed by atoms with Crippen LogP contribution >= 0.6 is 0 Å². The van der Waals surface area contributed by atoms with Crippen LogP contribution in [0.25, 0.3) is 12.2 Å². The van der Waals surface area contributed by atoms with Gasteiger partial charge in [-0.15, -0.1) is 0 Å². The molecule has 0 N–H and O–H groups in total. The summed E-state index contributed by atoms with van der Waals surface area (Å²) in [4.78, 5) is 1.96. The molecule has 0 amide bonds. The van der Waals surface area contributed by atoms with E-state index < -0.39 is 70.1 Å². The minimum Gasteiger partial charge on any atom is -0.494 e. The number of ether oxygens (including phenoxy) is 1. The lowest BCUT2D eigenvalue weighted by Crippen LogP contribution is -2.75. The molecule has 0 heterocycles. The van der Waals surface area contributed by atoms with Crippen molar-refractivity contribution < 1.29 is 92.0 Å². The molecule has 55 heavy (non-hydrogen) atoms. The maximum atomic E-state index is 14.1. The smallest absolute Gasteiger partial charge is 0.460 e. The molecule has 2 rings (SSSR count). The second-order valence-corrected chi connectivity index (χ2v) is 13.8. The van der Waals surface area contributed by atoms with E-state index in [2.05, 4.69) is 4.18 Å². The quantitative estimate of drug-likeness (QED) is 0.0542. The second-order valence-electron chi connectivity index (χ2n) is 12.1. The van der Waals surface area contributed by atoms with Crippen molar-refractivity contribution in [3.8, 4) is 5.75 Å². The number of hydrogen-bond donors (Lipinski definition) is 0. The number of rotatable bonds is 21. The van der Waals surface area contributed by atoms with E-state index in [4.69, 9.17) is 4.74 Å². The highest BCUT2D eigenvalue weighted by Crippen LogP contribution is 2.64. The summed E-state index contributed by atoms with van der Waals surface area (Å²) in [5.41, 5.74) is 2.92. The van der Waals surface area contributed by atoms with Crippen molar-refractivity contribution in [3.05, 3.63) is 59.7 Å². The highest BCUT2D eigenvalue weighted by molar-refractivity contribution is 7.87. The first-order chi connectivity index (χ1) is 24.8. The average Bonchev–Trinajstić information content (AvgIpc) is 3.07. The zero-order valence-electron chi connectivity index (χ0n) is 28.3. The third-order valence-corrected chi connectivity index (χ3v) is 9.17. The van der Waals surface area contributed by atoms with Gasteiger partial charge in [-0.2, -0.15) is 83.1 Å². The molecule has 0 aliphatic carbocycles.